The van der Waals surface area contributed by atoms with Crippen LogP contribution in [0.3, 0.4) is 0 Å². The number of anilines is 2. The minimum atomic E-state index is -0.663. The first kappa shape index (κ1) is 28.4. The number of nitrogens with two attached hydrogens (primary N) is 3. The van der Waals surface area contributed by atoms with Gasteiger partial charge in [-0.15, -0.1) is 0 Å². The summed E-state index contributed by atoms with van der Waals surface area (Å²) >= 11 is 5.87. The number of aliphatic imine (C=N–C) groups is 1. The molecule has 4 heterocycles. The van der Waals surface area contributed by atoms with Gasteiger partial charge in [0.05, 0.1) is 13.1 Å². The Hall–Kier alpha value is -3.15. The Balaban J connectivity index is 0.00000380. The molecule has 5 rings (SSSR count). The second-order valence-corrected chi connectivity index (χ2v) is 10.0. The predicted octanol–water partition coefficient (Wildman–Crippen LogP) is -2.35. The van der Waals surface area contributed by atoms with Crippen LogP contribution in [-0.4, -0.2) is 82.9 Å². The summed E-state index contributed by atoms with van der Waals surface area (Å²) in [5, 5.41) is 2.40. The number of fused-ring (bicyclic) bond motifs is 3. The molecule has 11 nitrogen and oxygen atoms in total. The zero-order valence-corrected chi connectivity index (χ0v) is 22.3. The summed E-state index contributed by atoms with van der Waals surface area (Å²) in [6, 6.07) is 10.1. The van der Waals surface area contributed by atoms with Crippen LogP contribution in [0.4, 0.5) is 11.6 Å². The molecular formula is C24H33Cl2N9O2. The molecule has 3 aliphatic rings. The molecule has 3 aliphatic heterocycles. The normalized spacial score (nSPS) is 22.7. The van der Waals surface area contributed by atoms with Gasteiger partial charge in [0.1, 0.15) is 12.6 Å². The van der Waals surface area contributed by atoms with E-state index in [2.05, 4.69) is 32.4 Å². The Kier molecular flexibility index (Phi) is 9.16. The molecule has 1 aromatic heterocycles. The van der Waals surface area contributed by atoms with Crippen LogP contribution < -0.4 is 34.9 Å². The van der Waals surface area contributed by atoms with E-state index in [1.807, 2.05) is 30.1 Å². The first-order valence-corrected chi connectivity index (χ1v) is 12.4. The maximum absolute atomic E-state index is 13.1. The van der Waals surface area contributed by atoms with Gasteiger partial charge in [-0.3, -0.25) is 14.9 Å². The van der Waals surface area contributed by atoms with Gasteiger partial charge in [0.15, 0.2) is 35.0 Å². The van der Waals surface area contributed by atoms with Crippen LogP contribution in [0.15, 0.2) is 35.3 Å². The summed E-state index contributed by atoms with van der Waals surface area (Å²) in [4.78, 5) is 39.8. The van der Waals surface area contributed by atoms with E-state index in [-0.39, 0.29) is 52.8 Å². The zero-order chi connectivity index (χ0) is 25.9. The lowest BCUT2D eigenvalue weighted by molar-refractivity contribution is -0.936. The molecular weight excluding hydrogens is 517 g/mol. The van der Waals surface area contributed by atoms with Crippen molar-refractivity contribution in [2.24, 2.45) is 16.6 Å². The molecule has 200 valence electrons. The zero-order valence-electron chi connectivity index (χ0n) is 20.7. The fourth-order valence-electron chi connectivity index (χ4n) is 5.09. The number of quaternary nitrogens is 1. The Morgan fingerprint density at radius 1 is 1.16 bits per heavy atom. The fourth-order valence-corrected chi connectivity index (χ4v) is 5.21. The van der Waals surface area contributed by atoms with Gasteiger partial charge in [0.2, 0.25) is 0 Å². The van der Waals surface area contributed by atoms with Gasteiger partial charge in [-0.2, -0.15) is 0 Å². The molecule has 0 radical (unpaired) electrons. The van der Waals surface area contributed by atoms with E-state index in [1.54, 1.807) is 0 Å². The van der Waals surface area contributed by atoms with Crippen molar-refractivity contribution in [3.63, 3.8) is 0 Å². The molecule has 0 unspecified atom stereocenters. The number of nitrogens with zero attached hydrogens (tertiary/aromatic N) is 5. The smallest absolute Gasteiger partial charge is 0.280 e. The van der Waals surface area contributed by atoms with Crippen LogP contribution in [0.5, 0.6) is 0 Å². The molecule has 2 bridgehead atoms. The quantitative estimate of drug-likeness (QED) is 0.170. The molecule has 0 spiro atoms. The summed E-state index contributed by atoms with van der Waals surface area (Å²) in [6.45, 7) is 3.70. The number of aromatic nitrogens is 2. The van der Waals surface area contributed by atoms with E-state index < -0.39 is 5.91 Å². The number of piperidine rings is 3. The molecule has 0 aliphatic carbocycles. The Bertz CT molecular complexity index is 1150. The number of benzene rings is 1. The number of carbonyl (C=O) groups excluding carboxylic acids is 2. The van der Waals surface area contributed by atoms with Gasteiger partial charge in [0.25, 0.3) is 11.8 Å². The number of hydrogen-bond acceptors (Lipinski definition) is 7. The number of nitrogen functional groups attached to an aromatic ring is 2. The SMILES string of the molecule is CN(CCc1ccccc1)C(=O)C[N+]12CCC(CC1)[C@H](N=C(N)NC(=O)c1nc(Cl)c(N)nc1N)C2.[Cl-]. The number of amides is 2. The van der Waals surface area contributed by atoms with Crippen LogP contribution in [-0.2, 0) is 11.2 Å². The second kappa shape index (κ2) is 11.9. The first-order chi connectivity index (χ1) is 17.2. The highest BCUT2D eigenvalue weighted by atomic mass is 35.5. The number of guanidine groups is 1. The van der Waals surface area contributed by atoms with E-state index in [0.717, 1.165) is 32.4 Å². The molecule has 3 saturated heterocycles. The van der Waals surface area contributed by atoms with Gasteiger partial charge < -0.3 is 39.0 Å². The molecule has 37 heavy (non-hydrogen) atoms. The summed E-state index contributed by atoms with van der Waals surface area (Å²) in [7, 11) is 1.86. The highest BCUT2D eigenvalue weighted by molar-refractivity contribution is 6.31. The average molecular weight is 550 g/mol. The van der Waals surface area contributed by atoms with Crippen LogP contribution in [0.25, 0.3) is 0 Å². The van der Waals surface area contributed by atoms with E-state index in [0.29, 0.717) is 30.0 Å². The predicted molar refractivity (Wildman–Crippen MR) is 139 cm³/mol. The van der Waals surface area contributed by atoms with Crippen molar-refractivity contribution in [1.29, 1.82) is 0 Å². The number of carbonyl (C=O) groups is 2. The summed E-state index contributed by atoms with van der Waals surface area (Å²) < 4.78 is 0.687. The number of hydrogen-bond donors (Lipinski definition) is 4. The van der Waals surface area contributed by atoms with Gasteiger partial charge in [-0.1, -0.05) is 41.9 Å². The lowest BCUT2D eigenvalue weighted by Gasteiger charge is -2.51. The monoisotopic (exact) mass is 549 g/mol. The van der Waals surface area contributed by atoms with Crippen molar-refractivity contribution in [2.75, 3.05) is 51.2 Å². The van der Waals surface area contributed by atoms with Crippen LogP contribution in [0.2, 0.25) is 5.15 Å². The Morgan fingerprint density at radius 3 is 2.51 bits per heavy atom. The lowest BCUT2D eigenvalue weighted by atomic mass is 9.82. The first-order valence-electron chi connectivity index (χ1n) is 12.0. The minimum absolute atomic E-state index is 0. The topological polar surface area (TPSA) is 166 Å². The van der Waals surface area contributed by atoms with E-state index in [9.17, 15) is 9.59 Å². The average Bonchev–Trinajstić information content (AvgIpc) is 2.85. The third-order valence-electron chi connectivity index (χ3n) is 7.21. The van der Waals surface area contributed by atoms with Gasteiger partial charge in [-0.25, -0.2) is 15.0 Å². The highest BCUT2D eigenvalue weighted by Crippen LogP contribution is 2.35. The summed E-state index contributed by atoms with van der Waals surface area (Å²) in [5.74, 6) is -0.411. The summed E-state index contributed by atoms with van der Waals surface area (Å²) in [5.41, 5.74) is 18.4. The van der Waals surface area contributed by atoms with Crippen LogP contribution >= 0.6 is 11.6 Å². The van der Waals surface area contributed by atoms with Gasteiger partial charge in [-0.05, 0) is 17.9 Å². The standard InChI is InChI=1S/C24H32ClN9O2.ClH/c1-33(10-7-15-5-3-2-4-6-15)18(35)14-34-11-8-16(9-12-34)17(13-34)29-24(28)32-23(36)19-21(26)31-22(27)20(25)30-19;/h2-6,16-17H,7-14H2,1H3,(H6-,26,27,28,29,31,32,36);1H/t16?,17-,34?;/m1./s1. The van der Waals surface area contributed by atoms with Crippen molar-refractivity contribution in [2.45, 2.75) is 25.3 Å². The van der Waals surface area contributed by atoms with Gasteiger partial charge >= 0.3 is 0 Å². The van der Waals surface area contributed by atoms with Crippen molar-refractivity contribution in [3.8, 4) is 0 Å². The molecule has 7 N–H and O–H groups in total. The Labute approximate surface area is 227 Å². The van der Waals surface area contributed by atoms with Crippen molar-refractivity contribution < 1.29 is 26.5 Å². The van der Waals surface area contributed by atoms with Crippen LogP contribution in [0.1, 0.15) is 28.9 Å². The van der Waals surface area contributed by atoms with Crippen molar-refractivity contribution in [1.82, 2.24) is 20.2 Å². The molecule has 0 saturated carbocycles. The Morgan fingerprint density at radius 2 is 1.84 bits per heavy atom. The summed E-state index contributed by atoms with van der Waals surface area (Å²) in [6.07, 6.45) is 2.74. The van der Waals surface area contributed by atoms with E-state index >= 15 is 0 Å². The number of nitrogens with one attached hydrogen (secondary N) is 1. The molecule has 1 aromatic carbocycles. The third-order valence-corrected chi connectivity index (χ3v) is 7.49. The van der Waals surface area contributed by atoms with Crippen molar-refractivity contribution >= 4 is 41.0 Å². The number of halogens is 2. The second-order valence-electron chi connectivity index (χ2n) is 9.69. The molecule has 2 amide bonds. The molecule has 13 heteroatoms. The van der Waals surface area contributed by atoms with Crippen molar-refractivity contribution in [3.05, 3.63) is 46.7 Å². The van der Waals surface area contributed by atoms with E-state index in [4.69, 9.17) is 28.8 Å². The van der Waals surface area contributed by atoms with Crippen LogP contribution in [0, 0.1) is 5.92 Å². The molecule has 2 aromatic rings. The van der Waals surface area contributed by atoms with E-state index in [1.165, 1.54) is 5.56 Å². The van der Waals surface area contributed by atoms with Gasteiger partial charge in [0, 0.05) is 26.4 Å². The fraction of sp³-hybridized carbons (Fsp3) is 0.458. The number of rotatable bonds is 7. The lowest BCUT2D eigenvalue weighted by Crippen LogP contribution is -3.00. The number of likely N-dealkylation sites (N-methyl/N-ethyl adjacent to an activating group) is 1. The maximum atomic E-state index is 13.1. The molecule has 1 atom stereocenters. The largest absolute Gasteiger partial charge is 1.00 e. The third kappa shape index (κ3) is 6.79. The molecule has 3 fully saturated rings. The maximum Gasteiger partial charge on any atom is 0.280 e. The highest BCUT2D eigenvalue weighted by Gasteiger charge is 2.47. The minimum Gasteiger partial charge on any atom is -1.00 e.